The standard InChI is InChI=1S/C16H16ClN3O/c1-21-16-12(3-2-8-19-16)11-4-5-13-14(15(11)17)10(6-7-18)9-20-13/h2-5,8-9,20H,6-7,18H2,1H3. The first kappa shape index (κ1) is 13.9. The van der Waals surface area contributed by atoms with Crippen molar-refractivity contribution in [3.63, 3.8) is 0 Å². The van der Waals surface area contributed by atoms with Gasteiger partial charge >= 0.3 is 0 Å². The Bertz CT molecular complexity index is 782. The topological polar surface area (TPSA) is 63.9 Å². The Balaban J connectivity index is 2.24. The molecule has 0 aliphatic carbocycles. The Morgan fingerprint density at radius 2 is 2.14 bits per heavy atom. The van der Waals surface area contributed by atoms with Crippen LogP contribution in [0, 0.1) is 0 Å². The monoisotopic (exact) mass is 301 g/mol. The van der Waals surface area contributed by atoms with Crippen LogP contribution in [0.2, 0.25) is 5.02 Å². The lowest BCUT2D eigenvalue weighted by Crippen LogP contribution is -2.02. The number of methoxy groups -OCH3 is 1. The summed E-state index contributed by atoms with van der Waals surface area (Å²) >= 11 is 6.64. The van der Waals surface area contributed by atoms with E-state index < -0.39 is 0 Å². The van der Waals surface area contributed by atoms with Crippen LogP contribution in [0.3, 0.4) is 0 Å². The Morgan fingerprint density at radius 3 is 2.90 bits per heavy atom. The average Bonchev–Trinajstić information content (AvgIpc) is 2.92. The minimum Gasteiger partial charge on any atom is -0.481 e. The lowest BCUT2D eigenvalue weighted by molar-refractivity contribution is 0.399. The Labute approximate surface area is 127 Å². The third-order valence-corrected chi connectivity index (χ3v) is 3.93. The number of nitrogens with two attached hydrogens (primary N) is 1. The molecule has 0 bridgehead atoms. The molecule has 1 aromatic carbocycles. The van der Waals surface area contributed by atoms with Gasteiger partial charge in [0.25, 0.3) is 0 Å². The van der Waals surface area contributed by atoms with Crippen molar-refractivity contribution in [3.8, 4) is 17.0 Å². The van der Waals surface area contributed by atoms with Gasteiger partial charge in [0.15, 0.2) is 0 Å². The maximum atomic E-state index is 6.64. The van der Waals surface area contributed by atoms with Gasteiger partial charge in [0.1, 0.15) is 0 Å². The molecular formula is C16H16ClN3O. The lowest BCUT2D eigenvalue weighted by Gasteiger charge is -2.10. The molecule has 0 aliphatic heterocycles. The van der Waals surface area contributed by atoms with Crippen LogP contribution < -0.4 is 10.5 Å². The predicted molar refractivity (Wildman–Crippen MR) is 85.9 cm³/mol. The zero-order valence-corrected chi connectivity index (χ0v) is 12.4. The maximum Gasteiger partial charge on any atom is 0.221 e. The van der Waals surface area contributed by atoms with Crippen molar-refractivity contribution in [2.45, 2.75) is 6.42 Å². The minimum atomic E-state index is 0.565. The first-order chi connectivity index (χ1) is 10.3. The second-order valence-corrected chi connectivity index (χ2v) is 5.14. The number of aromatic nitrogens is 2. The molecule has 3 aromatic rings. The van der Waals surface area contributed by atoms with E-state index in [2.05, 4.69) is 9.97 Å². The van der Waals surface area contributed by atoms with Crippen LogP contribution in [0.25, 0.3) is 22.0 Å². The molecule has 2 heterocycles. The number of ether oxygens (including phenoxy) is 1. The molecule has 5 heteroatoms. The summed E-state index contributed by atoms with van der Waals surface area (Å²) in [5, 5.41) is 1.72. The molecular weight excluding hydrogens is 286 g/mol. The van der Waals surface area contributed by atoms with Crippen molar-refractivity contribution in [2.75, 3.05) is 13.7 Å². The van der Waals surface area contributed by atoms with Gasteiger partial charge in [-0.05, 0) is 36.7 Å². The maximum absolute atomic E-state index is 6.64. The number of hydrogen-bond donors (Lipinski definition) is 2. The molecule has 3 rings (SSSR count). The summed E-state index contributed by atoms with van der Waals surface area (Å²) in [6.45, 7) is 0.587. The number of fused-ring (bicyclic) bond motifs is 1. The second-order valence-electron chi connectivity index (χ2n) is 4.76. The van der Waals surface area contributed by atoms with Crippen LogP contribution in [0.5, 0.6) is 5.88 Å². The number of hydrogen-bond acceptors (Lipinski definition) is 3. The molecule has 4 nitrogen and oxygen atoms in total. The molecule has 0 radical (unpaired) electrons. The summed E-state index contributed by atoms with van der Waals surface area (Å²) in [6.07, 6.45) is 4.45. The fourth-order valence-corrected chi connectivity index (χ4v) is 2.95. The van der Waals surface area contributed by atoms with Crippen molar-refractivity contribution >= 4 is 22.5 Å². The first-order valence-electron chi connectivity index (χ1n) is 6.74. The smallest absolute Gasteiger partial charge is 0.221 e. The van der Waals surface area contributed by atoms with Crippen molar-refractivity contribution in [1.82, 2.24) is 9.97 Å². The summed E-state index contributed by atoms with van der Waals surface area (Å²) in [6, 6.07) is 7.82. The van der Waals surface area contributed by atoms with Crippen molar-refractivity contribution in [2.24, 2.45) is 5.73 Å². The van der Waals surface area contributed by atoms with E-state index in [0.29, 0.717) is 17.4 Å². The van der Waals surface area contributed by atoms with Crippen LogP contribution in [-0.2, 0) is 6.42 Å². The molecule has 0 atom stereocenters. The highest BCUT2D eigenvalue weighted by molar-refractivity contribution is 6.38. The Hall–Kier alpha value is -2.04. The van der Waals surface area contributed by atoms with E-state index in [1.807, 2.05) is 30.5 Å². The molecule has 0 unspecified atom stereocenters. The minimum absolute atomic E-state index is 0.565. The van der Waals surface area contributed by atoms with Gasteiger partial charge in [-0.3, -0.25) is 0 Å². The van der Waals surface area contributed by atoms with Gasteiger partial charge in [0.2, 0.25) is 5.88 Å². The van der Waals surface area contributed by atoms with E-state index in [1.165, 1.54) is 0 Å². The molecule has 0 saturated heterocycles. The Morgan fingerprint density at radius 1 is 1.29 bits per heavy atom. The molecule has 0 spiro atoms. The van der Waals surface area contributed by atoms with Crippen LogP contribution in [-0.4, -0.2) is 23.6 Å². The molecule has 0 saturated carbocycles. The summed E-state index contributed by atoms with van der Waals surface area (Å²) in [4.78, 5) is 7.47. The van der Waals surface area contributed by atoms with Crippen molar-refractivity contribution in [1.29, 1.82) is 0 Å². The van der Waals surface area contributed by atoms with E-state index >= 15 is 0 Å². The molecule has 3 N–H and O–H groups in total. The molecule has 0 amide bonds. The first-order valence-corrected chi connectivity index (χ1v) is 7.12. The highest BCUT2D eigenvalue weighted by Gasteiger charge is 2.15. The largest absolute Gasteiger partial charge is 0.481 e. The van der Waals surface area contributed by atoms with E-state index in [1.54, 1.807) is 13.3 Å². The van der Waals surface area contributed by atoms with Crippen molar-refractivity contribution in [3.05, 3.63) is 47.2 Å². The molecule has 0 aliphatic rings. The number of benzene rings is 1. The van der Waals surface area contributed by atoms with E-state index in [9.17, 15) is 0 Å². The third kappa shape index (κ3) is 2.37. The SMILES string of the molecule is COc1ncccc1-c1ccc2[nH]cc(CCN)c2c1Cl. The van der Waals surface area contributed by atoms with Gasteiger partial charge in [0.05, 0.1) is 12.1 Å². The van der Waals surface area contributed by atoms with Gasteiger partial charge in [-0.1, -0.05) is 17.7 Å². The summed E-state index contributed by atoms with van der Waals surface area (Å²) in [5.74, 6) is 0.565. The van der Waals surface area contributed by atoms with E-state index in [0.717, 1.165) is 34.0 Å². The Kier molecular flexibility index (Phi) is 3.82. The average molecular weight is 302 g/mol. The summed E-state index contributed by atoms with van der Waals surface area (Å²) in [7, 11) is 1.61. The fourth-order valence-electron chi connectivity index (χ4n) is 2.57. The zero-order chi connectivity index (χ0) is 14.8. The van der Waals surface area contributed by atoms with E-state index in [-0.39, 0.29) is 0 Å². The van der Waals surface area contributed by atoms with Gasteiger partial charge in [0, 0.05) is 34.4 Å². The molecule has 0 fully saturated rings. The highest BCUT2D eigenvalue weighted by atomic mass is 35.5. The van der Waals surface area contributed by atoms with Crippen LogP contribution in [0.1, 0.15) is 5.56 Å². The molecule has 2 aromatic heterocycles. The predicted octanol–water partition coefficient (Wildman–Crippen LogP) is 3.39. The van der Waals surface area contributed by atoms with E-state index in [4.69, 9.17) is 22.1 Å². The normalized spacial score (nSPS) is 11.0. The summed E-state index contributed by atoms with van der Waals surface area (Å²) in [5.41, 5.74) is 9.60. The molecule has 21 heavy (non-hydrogen) atoms. The van der Waals surface area contributed by atoms with Crippen LogP contribution >= 0.6 is 11.6 Å². The van der Waals surface area contributed by atoms with Crippen LogP contribution in [0.4, 0.5) is 0 Å². The summed E-state index contributed by atoms with van der Waals surface area (Å²) < 4.78 is 5.33. The highest BCUT2D eigenvalue weighted by Crippen LogP contribution is 2.38. The molecule has 108 valence electrons. The quantitative estimate of drug-likeness (QED) is 0.776. The number of halogens is 1. The number of pyridine rings is 1. The second kappa shape index (κ2) is 5.76. The number of nitrogens with one attached hydrogen (secondary N) is 1. The van der Waals surface area contributed by atoms with Gasteiger partial charge in [-0.2, -0.15) is 0 Å². The lowest BCUT2D eigenvalue weighted by atomic mass is 10.0. The zero-order valence-electron chi connectivity index (χ0n) is 11.7. The van der Waals surface area contributed by atoms with Crippen molar-refractivity contribution < 1.29 is 4.74 Å². The number of aromatic amines is 1. The number of H-pyrrole nitrogens is 1. The van der Waals surface area contributed by atoms with Crippen LogP contribution in [0.15, 0.2) is 36.7 Å². The number of rotatable bonds is 4. The van der Waals surface area contributed by atoms with Gasteiger partial charge < -0.3 is 15.5 Å². The third-order valence-electron chi connectivity index (χ3n) is 3.53. The fraction of sp³-hybridized carbons (Fsp3) is 0.188. The number of nitrogens with zero attached hydrogens (tertiary/aromatic N) is 1. The van der Waals surface area contributed by atoms with Gasteiger partial charge in [-0.15, -0.1) is 0 Å². The van der Waals surface area contributed by atoms with Gasteiger partial charge in [-0.25, -0.2) is 4.98 Å².